The Kier molecular flexibility index (Phi) is 3.59. The number of hydrogen-bond acceptors (Lipinski definition) is 3. The second-order valence-electron chi connectivity index (χ2n) is 5.30. The molecule has 16 heavy (non-hydrogen) atoms. The van der Waals surface area contributed by atoms with Gasteiger partial charge in [-0.05, 0) is 25.2 Å². The summed E-state index contributed by atoms with van der Waals surface area (Å²) in [5.41, 5.74) is 6.06. The van der Waals surface area contributed by atoms with Crippen LogP contribution in [0.4, 0.5) is 0 Å². The number of aromatic amines is 1. The maximum Gasteiger partial charge on any atom is 0.167 e. The molecule has 1 aliphatic rings. The van der Waals surface area contributed by atoms with Crippen molar-refractivity contribution in [1.82, 2.24) is 15.2 Å². The van der Waals surface area contributed by atoms with E-state index in [1.165, 1.54) is 25.7 Å². The van der Waals surface area contributed by atoms with Crippen LogP contribution in [0.2, 0.25) is 0 Å². The Balaban J connectivity index is 2.00. The lowest BCUT2D eigenvalue weighted by atomic mass is 10.0. The summed E-state index contributed by atoms with van der Waals surface area (Å²) in [4.78, 5) is 4.55. The lowest BCUT2D eigenvalue weighted by Gasteiger charge is -2.09. The molecule has 1 fully saturated rings. The summed E-state index contributed by atoms with van der Waals surface area (Å²) in [5.74, 6) is 3.01. The van der Waals surface area contributed by atoms with E-state index >= 15 is 0 Å². The highest BCUT2D eigenvalue weighted by molar-refractivity contribution is 5.02. The Bertz CT molecular complexity index is 326. The standard InChI is InChI=1S/C12H22N4/c1-8(2)7-10(13)12-14-11(15-16-12)9-5-3-4-6-9/h8-10H,3-7,13H2,1-2H3,(H,14,15,16)/t10-/m0/s1. The number of nitrogens with zero attached hydrogens (tertiary/aromatic N) is 2. The van der Waals surface area contributed by atoms with Gasteiger partial charge in [-0.2, -0.15) is 5.10 Å². The van der Waals surface area contributed by atoms with Crippen molar-refractivity contribution in [2.75, 3.05) is 0 Å². The highest BCUT2D eigenvalue weighted by atomic mass is 15.2. The average Bonchev–Trinajstić information content (AvgIpc) is 2.87. The monoisotopic (exact) mass is 222 g/mol. The fourth-order valence-electron chi connectivity index (χ4n) is 2.45. The minimum absolute atomic E-state index is 0.0218. The first-order valence-electron chi connectivity index (χ1n) is 6.34. The molecule has 0 saturated heterocycles. The highest BCUT2D eigenvalue weighted by Crippen LogP contribution is 2.32. The predicted octanol–water partition coefficient (Wildman–Crippen LogP) is 2.51. The van der Waals surface area contributed by atoms with E-state index in [-0.39, 0.29) is 6.04 Å². The summed E-state index contributed by atoms with van der Waals surface area (Å²) >= 11 is 0. The molecule has 1 aromatic heterocycles. The van der Waals surface area contributed by atoms with Crippen molar-refractivity contribution in [2.45, 2.75) is 57.9 Å². The third-order valence-corrected chi connectivity index (χ3v) is 3.32. The van der Waals surface area contributed by atoms with Crippen molar-refractivity contribution in [3.05, 3.63) is 11.6 Å². The van der Waals surface area contributed by atoms with Gasteiger partial charge in [-0.3, -0.25) is 5.10 Å². The summed E-state index contributed by atoms with van der Waals surface area (Å²) < 4.78 is 0. The molecule has 1 atom stereocenters. The van der Waals surface area contributed by atoms with E-state index in [4.69, 9.17) is 5.73 Å². The number of aromatic nitrogens is 3. The normalized spacial score (nSPS) is 19.5. The van der Waals surface area contributed by atoms with Crippen LogP contribution < -0.4 is 5.73 Å². The lowest BCUT2D eigenvalue weighted by molar-refractivity contribution is 0.493. The number of nitrogens with one attached hydrogen (secondary N) is 1. The molecule has 1 heterocycles. The zero-order valence-electron chi connectivity index (χ0n) is 10.2. The summed E-state index contributed by atoms with van der Waals surface area (Å²) in [7, 11) is 0. The Morgan fingerprint density at radius 3 is 2.69 bits per heavy atom. The van der Waals surface area contributed by atoms with Gasteiger partial charge < -0.3 is 5.73 Å². The van der Waals surface area contributed by atoms with Crippen LogP contribution in [-0.4, -0.2) is 15.2 Å². The van der Waals surface area contributed by atoms with Crippen LogP contribution in [0, 0.1) is 5.92 Å². The molecule has 0 radical (unpaired) electrons. The van der Waals surface area contributed by atoms with E-state index in [1.54, 1.807) is 0 Å². The minimum atomic E-state index is -0.0218. The van der Waals surface area contributed by atoms with Crippen molar-refractivity contribution in [3.8, 4) is 0 Å². The quantitative estimate of drug-likeness (QED) is 0.822. The van der Waals surface area contributed by atoms with Crippen molar-refractivity contribution >= 4 is 0 Å². The van der Waals surface area contributed by atoms with Crippen LogP contribution in [-0.2, 0) is 0 Å². The molecule has 1 saturated carbocycles. The van der Waals surface area contributed by atoms with Crippen LogP contribution in [0.15, 0.2) is 0 Å². The summed E-state index contributed by atoms with van der Waals surface area (Å²) in [6, 6.07) is -0.0218. The minimum Gasteiger partial charge on any atom is -0.321 e. The van der Waals surface area contributed by atoms with E-state index in [0.717, 1.165) is 18.1 Å². The second-order valence-corrected chi connectivity index (χ2v) is 5.30. The van der Waals surface area contributed by atoms with Gasteiger partial charge in [0.25, 0.3) is 0 Å². The summed E-state index contributed by atoms with van der Waals surface area (Å²) in [5, 5.41) is 7.31. The first-order chi connectivity index (χ1) is 7.66. The summed E-state index contributed by atoms with van der Waals surface area (Å²) in [6.07, 6.45) is 6.07. The van der Waals surface area contributed by atoms with Crippen molar-refractivity contribution in [1.29, 1.82) is 0 Å². The van der Waals surface area contributed by atoms with E-state index < -0.39 is 0 Å². The molecule has 0 aromatic carbocycles. The Hall–Kier alpha value is -0.900. The lowest BCUT2D eigenvalue weighted by Crippen LogP contribution is -2.14. The van der Waals surface area contributed by atoms with Gasteiger partial charge in [0.05, 0.1) is 6.04 Å². The molecule has 2 rings (SSSR count). The van der Waals surface area contributed by atoms with E-state index in [1.807, 2.05) is 0 Å². The molecular weight excluding hydrogens is 200 g/mol. The van der Waals surface area contributed by atoms with Crippen LogP contribution in [0.1, 0.15) is 69.6 Å². The van der Waals surface area contributed by atoms with E-state index in [0.29, 0.717) is 11.8 Å². The van der Waals surface area contributed by atoms with Crippen LogP contribution >= 0.6 is 0 Å². The Morgan fingerprint density at radius 1 is 1.38 bits per heavy atom. The third-order valence-electron chi connectivity index (χ3n) is 3.32. The number of nitrogens with two attached hydrogens (primary N) is 1. The maximum atomic E-state index is 6.06. The van der Waals surface area contributed by atoms with Gasteiger partial charge >= 0.3 is 0 Å². The Labute approximate surface area is 97.0 Å². The molecule has 0 spiro atoms. The largest absolute Gasteiger partial charge is 0.321 e. The number of rotatable bonds is 4. The molecule has 1 aliphatic carbocycles. The predicted molar refractivity (Wildman–Crippen MR) is 64.0 cm³/mol. The molecule has 0 unspecified atom stereocenters. The fraction of sp³-hybridized carbons (Fsp3) is 0.833. The van der Waals surface area contributed by atoms with Gasteiger partial charge in [0.1, 0.15) is 5.82 Å². The average molecular weight is 222 g/mol. The highest BCUT2D eigenvalue weighted by Gasteiger charge is 2.22. The molecule has 4 heteroatoms. The zero-order valence-corrected chi connectivity index (χ0v) is 10.2. The first kappa shape index (κ1) is 11.6. The SMILES string of the molecule is CC(C)C[C@H](N)c1n[nH]c(C2CCCC2)n1. The van der Waals surface area contributed by atoms with Gasteiger partial charge in [0.15, 0.2) is 5.82 Å². The van der Waals surface area contributed by atoms with Gasteiger partial charge in [-0.1, -0.05) is 26.7 Å². The van der Waals surface area contributed by atoms with Crippen LogP contribution in [0.25, 0.3) is 0 Å². The van der Waals surface area contributed by atoms with Gasteiger partial charge in [-0.15, -0.1) is 0 Å². The smallest absolute Gasteiger partial charge is 0.167 e. The molecule has 90 valence electrons. The van der Waals surface area contributed by atoms with Crippen LogP contribution in [0.5, 0.6) is 0 Å². The molecule has 0 bridgehead atoms. The van der Waals surface area contributed by atoms with Crippen molar-refractivity contribution in [2.24, 2.45) is 11.7 Å². The van der Waals surface area contributed by atoms with E-state index in [9.17, 15) is 0 Å². The molecule has 3 N–H and O–H groups in total. The number of hydrogen-bond donors (Lipinski definition) is 2. The van der Waals surface area contributed by atoms with Gasteiger partial charge in [-0.25, -0.2) is 4.98 Å². The van der Waals surface area contributed by atoms with Crippen LogP contribution in [0.3, 0.4) is 0 Å². The second kappa shape index (κ2) is 4.95. The number of H-pyrrole nitrogens is 1. The fourth-order valence-corrected chi connectivity index (χ4v) is 2.45. The molecule has 1 aromatic rings. The third kappa shape index (κ3) is 2.61. The Morgan fingerprint density at radius 2 is 2.06 bits per heavy atom. The molecule has 4 nitrogen and oxygen atoms in total. The van der Waals surface area contributed by atoms with Crippen molar-refractivity contribution < 1.29 is 0 Å². The molecular formula is C12H22N4. The maximum absolute atomic E-state index is 6.06. The molecule has 0 aliphatic heterocycles. The van der Waals surface area contributed by atoms with E-state index in [2.05, 4.69) is 29.0 Å². The first-order valence-corrected chi connectivity index (χ1v) is 6.34. The summed E-state index contributed by atoms with van der Waals surface area (Å²) in [6.45, 7) is 4.34. The van der Waals surface area contributed by atoms with Crippen molar-refractivity contribution in [3.63, 3.8) is 0 Å². The topological polar surface area (TPSA) is 67.6 Å². The molecule has 0 amide bonds. The zero-order chi connectivity index (χ0) is 11.5. The van der Waals surface area contributed by atoms with Gasteiger partial charge in [0.2, 0.25) is 0 Å². The van der Waals surface area contributed by atoms with Gasteiger partial charge in [0, 0.05) is 5.92 Å².